The maximum absolute atomic E-state index is 8.65. The highest BCUT2D eigenvalue weighted by Gasteiger charge is 2.31. The number of nitrogens with zero attached hydrogens (tertiary/aromatic N) is 1. The van der Waals surface area contributed by atoms with Crippen molar-refractivity contribution in [1.29, 1.82) is 5.26 Å². The van der Waals surface area contributed by atoms with Crippen molar-refractivity contribution in [2.45, 2.75) is 32.4 Å². The van der Waals surface area contributed by atoms with Gasteiger partial charge in [0.25, 0.3) is 6.71 Å². The predicted octanol–water partition coefficient (Wildman–Crippen LogP) is 1.30. The summed E-state index contributed by atoms with van der Waals surface area (Å²) in [4.78, 5) is 0. The molecule has 0 radical (unpaired) electrons. The molecule has 2 N–H and O–H groups in total. The zero-order valence-electron chi connectivity index (χ0n) is 7.14. The highest BCUT2D eigenvalue weighted by molar-refractivity contribution is 6.67. The highest BCUT2D eigenvalue weighted by Crippen LogP contribution is 2.34. The molecule has 0 aromatic carbocycles. The molecule has 0 amide bonds. The van der Waals surface area contributed by atoms with Gasteiger partial charge in [0.1, 0.15) is 0 Å². The Balaban J connectivity index is 2.42. The van der Waals surface area contributed by atoms with Crippen LogP contribution in [-0.4, -0.2) is 13.3 Å². The molecule has 1 fully saturated rings. The fraction of sp³-hybridized carbons (Fsp3) is 0.875. The molecule has 3 heteroatoms. The fourth-order valence-electron chi connectivity index (χ4n) is 1.65. The minimum atomic E-state index is 0.301. The van der Waals surface area contributed by atoms with Crippen LogP contribution in [0.15, 0.2) is 0 Å². The van der Waals surface area contributed by atoms with Gasteiger partial charge in [-0.3, -0.25) is 0 Å². The second-order valence-electron chi connectivity index (χ2n) is 3.92. The van der Waals surface area contributed by atoms with Gasteiger partial charge in [0.05, 0.1) is 0 Å². The molecule has 0 unspecified atom stereocenters. The summed E-state index contributed by atoms with van der Waals surface area (Å²) in [5.41, 5.74) is 5.97. The van der Waals surface area contributed by atoms with Crippen LogP contribution in [0.1, 0.15) is 19.8 Å². The van der Waals surface area contributed by atoms with E-state index in [1.807, 2.05) is 0 Å². The van der Waals surface area contributed by atoms with Crippen molar-refractivity contribution in [2.24, 2.45) is 11.1 Å². The SMILES string of the molecule is CC1(CN)CCB(C#N)CC1. The summed E-state index contributed by atoms with van der Waals surface area (Å²) in [7, 11) is 0. The summed E-state index contributed by atoms with van der Waals surface area (Å²) in [6, 6.07) is 0. The van der Waals surface area contributed by atoms with E-state index >= 15 is 0 Å². The third-order valence-electron chi connectivity index (χ3n) is 2.87. The van der Waals surface area contributed by atoms with Crippen LogP contribution in [0.5, 0.6) is 0 Å². The average Bonchev–Trinajstić information content (AvgIpc) is 2.06. The Bertz CT molecular complexity index is 165. The summed E-state index contributed by atoms with van der Waals surface area (Å²) in [5.74, 6) is 2.32. The number of nitriles is 1. The summed E-state index contributed by atoms with van der Waals surface area (Å²) in [5, 5.41) is 8.65. The van der Waals surface area contributed by atoms with E-state index in [2.05, 4.69) is 12.9 Å². The predicted molar refractivity (Wildman–Crippen MR) is 47.4 cm³/mol. The van der Waals surface area contributed by atoms with E-state index in [-0.39, 0.29) is 0 Å². The molecule has 60 valence electrons. The van der Waals surface area contributed by atoms with E-state index in [4.69, 9.17) is 11.0 Å². The molecular weight excluding hydrogens is 135 g/mol. The van der Waals surface area contributed by atoms with E-state index in [0.717, 1.165) is 32.0 Å². The van der Waals surface area contributed by atoms with Crippen LogP contribution in [0.25, 0.3) is 0 Å². The van der Waals surface area contributed by atoms with Crippen LogP contribution in [0, 0.1) is 16.6 Å². The number of hydrogen-bond donors (Lipinski definition) is 1. The molecule has 1 aliphatic rings. The monoisotopic (exact) mass is 150 g/mol. The summed E-state index contributed by atoms with van der Waals surface area (Å²) >= 11 is 0. The first-order chi connectivity index (χ1) is 5.20. The molecule has 1 aliphatic heterocycles. The molecule has 0 aliphatic carbocycles. The van der Waals surface area contributed by atoms with Crippen molar-refractivity contribution in [2.75, 3.05) is 6.54 Å². The molecule has 0 aromatic heterocycles. The lowest BCUT2D eigenvalue weighted by molar-refractivity contribution is 0.298. The van der Waals surface area contributed by atoms with Gasteiger partial charge in [-0.25, -0.2) is 5.26 Å². The Hall–Kier alpha value is -0.485. The van der Waals surface area contributed by atoms with Gasteiger partial charge in [0.15, 0.2) is 0 Å². The maximum atomic E-state index is 8.65. The zero-order chi connectivity index (χ0) is 8.32. The Morgan fingerprint density at radius 2 is 2.09 bits per heavy atom. The highest BCUT2D eigenvalue weighted by atomic mass is 14.6. The minimum absolute atomic E-state index is 0.301. The minimum Gasteiger partial charge on any atom is -0.330 e. The first-order valence-corrected chi connectivity index (χ1v) is 4.30. The van der Waals surface area contributed by atoms with Crippen LogP contribution >= 0.6 is 0 Å². The van der Waals surface area contributed by atoms with Gasteiger partial charge < -0.3 is 5.73 Å². The molecule has 1 saturated heterocycles. The first kappa shape index (κ1) is 8.61. The molecule has 11 heavy (non-hydrogen) atoms. The van der Waals surface area contributed by atoms with E-state index < -0.39 is 0 Å². The van der Waals surface area contributed by atoms with E-state index in [1.165, 1.54) is 0 Å². The van der Waals surface area contributed by atoms with Crippen molar-refractivity contribution in [3.63, 3.8) is 0 Å². The van der Waals surface area contributed by atoms with Gasteiger partial charge in [-0.15, -0.1) is 0 Å². The molecule has 1 heterocycles. The molecule has 0 spiro atoms. The van der Waals surface area contributed by atoms with Crippen LogP contribution in [0.4, 0.5) is 0 Å². The summed E-state index contributed by atoms with van der Waals surface area (Å²) in [6.07, 6.45) is 4.35. The number of nitrogens with two attached hydrogens (primary N) is 1. The van der Waals surface area contributed by atoms with Gasteiger partial charge in [-0.1, -0.05) is 32.4 Å². The molecular formula is C8H15BN2. The van der Waals surface area contributed by atoms with Crippen LogP contribution in [0.2, 0.25) is 12.6 Å². The standard InChI is InChI=1S/C8H15BN2/c1-8(6-10)2-4-9(7-11)5-3-8/h2-6,10H2,1H3. The zero-order valence-corrected chi connectivity index (χ0v) is 7.14. The topological polar surface area (TPSA) is 49.8 Å². The quantitative estimate of drug-likeness (QED) is 0.572. The van der Waals surface area contributed by atoms with E-state index in [0.29, 0.717) is 12.1 Å². The van der Waals surface area contributed by atoms with Gasteiger partial charge in [0, 0.05) is 5.97 Å². The molecule has 0 bridgehead atoms. The summed E-state index contributed by atoms with van der Waals surface area (Å²) < 4.78 is 0. The maximum Gasteiger partial charge on any atom is 0.267 e. The van der Waals surface area contributed by atoms with Gasteiger partial charge >= 0.3 is 0 Å². The Labute approximate surface area is 68.8 Å². The lowest BCUT2D eigenvalue weighted by Gasteiger charge is -2.32. The lowest BCUT2D eigenvalue weighted by Crippen LogP contribution is -2.34. The Morgan fingerprint density at radius 1 is 1.55 bits per heavy atom. The molecule has 0 saturated carbocycles. The largest absolute Gasteiger partial charge is 0.330 e. The second kappa shape index (κ2) is 3.27. The lowest BCUT2D eigenvalue weighted by atomic mass is 9.40. The Kier molecular flexibility index (Phi) is 2.56. The van der Waals surface area contributed by atoms with Crippen LogP contribution in [-0.2, 0) is 0 Å². The normalized spacial score (nSPS) is 22.8. The van der Waals surface area contributed by atoms with E-state index in [9.17, 15) is 0 Å². The van der Waals surface area contributed by atoms with Crippen molar-refractivity contribution >= 4 is 6.71 Å². The number of rotatable bonds is 1. The van der Waals surface area contributed by atoms with Gasteiger partial charge in [-0.05, 0) is 12.0 Å². The molecule has 2 nitrogen and oxygen atoms in total. The van der Waals surface area contributed by atoms with Crippen LogP contribution in [0.3, 0.4) is 0 Å². The van der Waals surface area contributed by atoms with Crippen molar-refractivity contribution < 1.29 is 0 Å². The third-order valence-corrected chi connectivity index (χ3v) is 2.87. The van der Waals surface area contributed by atoms with Gasteiger partial charge in [0.2, 0.25) is 0 Å². The van der Waals surface area contributed by atoms with Crippen molar-refractivity contribution in [3.05, 3.63) is 0 Å². The molecule has 0 atom stereocenters. The third kappa shape index (κ3) is 1.97. The fourth-order valence-corrected chi connectivity index (χ4v) is 1.65. The first-order valence-electron chi connectivity index (χ1n) is 4.30. The second-order valence-corrected chi connectivity index (χ2v) is 3.92. The Morgan fingerprint density at radius 3 is 2.45 bits per heavy atom. The molecule has 1 rings (SSSR count). The van der Waals surface area contributed by atoms with Crippen molar-refractivity contribution in [3.8, 4) is 5.97 Å². The number of hydrogen-bond acceptors (Lipinski definition) is 2. The van der Waals surface area contributed by atoms with Crippen LogP contribution < -0.4 is 5.73 Å². The smallest absolute Gasteiger partial charge is 0.267 e. The van der Waals surface area contributed by atoms with Gasteiger partial charge in [-0.2, -0.15) is 0 Å². The average molecular weight is 150 g/mol. The summed E-state index contributed by atoms with van der Waals surface area (Å²) in [6.45, 7) is 3.29. The van der Waals surface area contributed by atoms with Crippen molar-refractivity contribution in [1.82, 2.24) is 0 Å². The molecule has 0 aromatic rings. The van der Waals surface area contributed by atoms with E-state index in [1.54, 1.807) is 0 Å².